The molecule has 9 heteroatoms. The van der Waals surface area contributed by atoms with Gasteiger partial charge in [0.05, 0.1) is 9.82 Å². The van der Waals surface area contributed by atoms with Crippen LogP contribution in [0, 0.1) is 24.0 Å². The highest BCUT2D eigenvalue weighted by Crippen LogP contribution is 2.24. The lowest BCUT2D eigenvalue weighted by atomic mass is 10.2. The molecule has 0 N–H and O–H groups in total. The summed E-state index contributed by atoms with van der Waals surface area (Å²) in [7, 11) is -3.52. The largest absolute Gasteiger partial charge is 0.354 e. The van der Waals surface area contributed by atoms with Crippen molar-refractivity contribution in [3.63, 3.8) is 0 Å². The number of aromatic nitrogens is 1. The number of nitrogens with zero attached hydrogens (tertiary/aromatic N) is 4. The minimum absolute atomic E-state index is 0.0492. The molecule has 0 spiro atoms. The number of piperazine rings is 1. The summed E-state index contributed by atoms with van der Waals surface area (Å²) >= 11 is 0. The predicted octanol–water partition coefficient (Wildman–Crippen LogP) is 2.12. The van der Waals surface area contributed by atoms with Crippen molar-refractivity contribution in [3.8, 4) is 0 Å². The van der Waals surface area contributed by atoms with Gasteiger partial charge in [-0.05, 0) is 31.5 Å². The zero-order chi connectivity index (χ0) is 18.9. The molecule has 1 saturated heterocycles. The van der Waals surface area contributed by atoms with Crippen molar-refractivity contribution < 1.29 is 13.3 Å². The molecule has 1 aliphatic rings. The van der Waals surface area contributed by atoms with E-state index in [0.717, 1.165) is 5.56 Å². The normalized spacial score (nSPS) is 15.8. The molecular weight excluding hydrogens is 356 g/mol. The van der Waals surface area contributed by atoms with E-state index in [9.17, 15) is 18.5 Å². The SMILES string of the molecule is Cc1ccc(S(=O)(=O)N2CCN(c3ncc([N+](=O)[O-])cc3C)CC2)cc1. The molecule has 1 aromatic heterocycles. The monoisotopic (exact) mass is 376 g/mol. The maximum Gasteiger partial charge on any atom is 0.287 e. The Bertz CT molecular complexity index is 920. The maximum absolute atomic E-state index is 12.7. The van der Waals surface area contributed by atoms with Crippen LogP contribution >= 0.6 is 0 Å². The van der Waals surface area contributed by atoms with Crippen molar-refractivity contribution in [1.82, 2.24) is 9.29 Å². The molecule has 1 aliphatic heterocycles. The van der Waals surface area contributed by atoms with Gasteiger partial charge < -0.3 is 4.90 Å². The number of rotatable bonds is 4. The Hall–Kier alpha value is -2.52. The number of pyridine rings is 1. The topological polar surface area (TPSA) is 96.7 Å². The van der Waals surface area contributed by atoms with Crippen molar-refractivity contribution in [2.75, 3.05) is 31.1 Å². The quantitative estimate of drug-likeness (QED) is 0.599. The molecule has 0 unspecified atom stereocenters. The van der Waals surface area contributed by atoms with Crippen LogP contribution in [-0.2, 0) is 10.0 Å². The first-order chi connectivity index (χ1) is 12.3. The average Bonchev–Trinajstić information content (AvgIpc) is 2.62. The average molecular weight is 376 g/mol. The van der Waals surface area contributed by atoms with Crippen molar-refractivity contribution >= 4 is 21.5 Å². The lowest BCUT2D eigenvalue weighted by molar-refractivity contribution is -0.385. The second-order valence-electron chi connectivity index (χ2n) is 6.30. The number of hydrogen-bond donors (Lipinski definition) is 0. The van der Waals surface area contributed by atoms with E-state index in [0.29, 0.717) is 42.5 Å². The highest BCUT2D eigenvalue weighted by molar-refractivity contribution is 7.89. The highest BCUT2D eigenvalue weighted by atomic mass is 32.2. The minimum atomic E-state index is -3.52. The fourth-order valence-corrected chi connectivity index (χ4v) is 4.41. The lowest BCUT2D eigenvalue weighted by Crippen LogP contribution is -2.49. The summed E-state index contributed by atoms with van der Waals surface area (Å²) in [5.74, 6) is 0.656. The van der Waals surface area contributed by atoms with E-state index in [1.54, 1.807) is 31.2 Å². The molecule has 0 atom stereocenters. The minimum Gasteiger partial charge on any atom is -0.354 e. The van der Waals surface area contributed by atoms with E-state index in [4.69, 9.17) is 0 Å². The molecule has 138 valence electrons. The zero-order valence-corrected chi connectivity index (χ0v) is 15.4. The molecule has 26 heavy (non-hydrogen) atoms. The molecule has 0 amide bonds. The van der Waals surface area contributed by atoms with Gasteiger partial charge in [0.1, 0.15) is 12.0 Å². The summed E-state index contributed by atoms with van der Waals surface area (Å²) in [6.45, 7) is 5.33. The molecule has 8 nitrogen and oxygen atoms in total. The molecule has 0 radical (unpaired) electrons. The zero-order valence-electron chi connectivity index (χ0n) is 14.6. The number of aryl methyl sites for hydroxylation is 2. The Morgan fingerprint density at radius 3 is 2.23 bits per heavy atom. The number of hydrogen-bond acceptors (Lipinski definition) is 6. The number of sulfonamides is 1. The van der Waals surface area contributed by atoms with Crippen LogP contribution in [0.5, 0.6) is 0 Å². The number of nitro groups is 1. The summed E-state index contributed by atoms with van der Waals surface area (Å²) in [6.07, 6.45) is 1.23. The smallest absolute Gasteiger partial charge is 0.287 e. The fourth-order valence-electron chi connectivity index (χ4n) is 2.98. The van der Waals surface area contributed by atoms with Gasteiger partial charge in [-0.25, -0.2) is 13.4 Å². The maximum atomic E-state index is 12.7. The summed E-state index contributed by atoms with van der Waals surface area (Å²) in [4.78, 5) is 16.8. The molecule has 2 heterocycles. The van der Waals surface area contributed by atoms with Crippen LogP contribution in [0.15, 0.2) is 41.4 Å². The molecule has 1 fully saturated rings. The van der Waals surface area contributed by atoms with E-state index in [-0.39, 0.29) is 5.69 Å². The molecular formula is C17H20N4O4S. The third kappa shape index (κ3) is 3.54. The summed E-state index contributed by atoms with van der Waals surface area (Å²) in [5.41, 5.74) is 1.66. The first-order valence-corrected chi connectivity index (χ1v) is 9.66. The van der Waals surface area contributed by atoms with Gasteiger partial charge in [-0.15, -0.1) is 0 Å². The molecule has 1 aromatic carbocycles. The Balaban J connectivity index is 1.73. The third-order valence-corrected chi connectivity index (χ3v) is 6.36. The lowest BCUT2D eigenvalue weighted by Gasteiger charge is -2.35. The van der Waals surface area contributed by atoms with E-state index in [2.05, 4.69) is 4.98 Å². The van der Waals surface area contributed by atoms with Gasteiger partial charge >= 0.3 is 0 Å². The second-order valence-corrected chi connectivity index (χ2v) is 8.23. The first kappa shape index (κ1) is 18.3. The van der Waals surface area contributed by atoms with Gasteiger partial charge in [-0.1, -0.05) is 17.7 Å². The first-order valence-electron chi connectivity index (χ1n) is 8.22. The van der Waals surface area contributed by atoms with Crippen molar-refractivity contribution in [3.05, 3.63) is 57.8 Å². The van der Waals surface area contributed by atoms with E-state index in [1.165, 1.54) is 16.6 Å². The van der Waals surface area contributed by atoms with Crippen molar-refractivity contribution in [2.24, 2.45) is 0 Å². The van der Waals surface area contributed by atoms with Gasteiger partial charge in [0, 0.05) is 32.2 Å². The van der Waals surface area contributed by atoms with Gasteiger partial charge in [-0.3, -0.25) is 10.1 Å². The van der Waals surface area contributed by atoms with Crippen LogP contribution in [0.1, 0.15) is 11.1 Å². The number of benzene rings is 1. The molecule has 0 bridgehead atoms. The predicted molar refractivity (Wildman–Crippen MR) is 97.8 cm³/mol. The van der Waals surface area contributed by atoms with Crippen LogP contribution in [0.25, 0.3) is 0 Å². The molecule has 0 aliphatic carbocycles. The number of anilines is 1. The van der Waals surface area contributed by atoms with E-state index < -0.39 is 14.9 Å². The van der Waals surface area contributed by atoms with Crippen LogP contribution in [-0.4, -0.2) is 48.8 Å². The second kappa shape index (κ2) is 7.00. The Morgan fingerprint density at radius 1 is 1.08 bits per heavy atom. The highest BCUT2D eigenvalue weighted by Gasteiger charge is 2.29. The standard InChI is InChI=1S/C17H20N4O4S/c1-13-3-5-16(6-4-13)26(24,25)20-9-7-19(8-10-20)17-14(2)11-15(12-18-17)21(22)23/h3-6,11-12H,7-10H2,1-2H3. The van der Waals surface area contributed by atoms with Crippen LogP contribution in [0.2, 0.25) is 0 Å². The van der Waals surface area contributed by atoms with E-state index in [1.807, 2.05) is 11.8 Å². The van der Waals surface area contributed by atoms with Crippen molar-refractivity contribution in [1.29, 1.82) is 0 Å². The summed E-state index contributed by atoms with van der Waals surface area (Å²) in [5, 5.41) is 10.8. The molecule has 0 saturated carbocycles. The fraction of sp³-hybridized carbons (Fsp3) is 0.353. The Labute approximate surface area is 152 Å². The van der Waals surface area contributed by atoms with Crippen LogP contribution in [0.4, 0.5) is 11.5 Å². The molecule has 2 aromatic rings. The van der Waals surface area contributed by atoms with Crippen molar-refractivity contribution in [2.45, 2.75) is 18.7 Å². The van der Waals surface area contributed by atoms with Crippen LogP contribution < -0.4 is 4.90 Å². The Morgan fingerprint density at radius 2 is 1.69 bits per heavy atom. The Kier molecular flexibility index (Phi) is 4.92. The van der Waals surface area contributed by atoms with Crippen LogP contribution in [0.3, 0.4) is 0 Å². The van der Waals surface area contributed by atoms with Gasteiger partial charge in [0.25, 0.3) is 5.69 Å². The van der Waals surface area contributed by atoms with Gasteiger partial charge in [0.15, 0.2) is 0 Å². The van der Waals surface area contributed by atoms with Gasteiger partial charge in [0.2, 0.25) is 10.0 Å². The van der Waals surface area contributed by atoms with Gasteiger partial charge in [-0.2, -0.15) is 4.31 Å². The van der Waals surface area contributed by atoms with E-state index >= 15 is 0 Å². The summed E-state index contributed by atoms with van der Waals surface area (Å²) in [6, 6.07) is 8.30. The third-order valence-electron chi connectivity index (χ3n) is 4.44. The summed E-state index contributed by atoms with van der Waals surface area (Å²) < 4.78 is 27.0. The molecule has 3 rings (SSSR count).